The molecule has 0 aliphatic heterocycles. The lowest BCUT2D eigenvalue weighted by Crippen LogP contribution is -2.23. The molecule has 4 heteroatoms. The number of pyridine rings is 1. The Morgan fingerprint density at radius 3 is 3.05 bits per heavy atom. The van der Waals surface area contributed by atoms with E-state index in [1.807, 2.05) is 12.3 Å². The van der Waals surface area contributed by atoms with Crippen molar-refractivity contribution < 1.29 is 0 Å². The third kappa shape index (κ3) is 2.96. The lowest BCUT2D eigenvalue weighted by molar-refractivity contribution is 0.473. The van der Waals surface area contributed by atoms with Crippen LogP contribution in [0.25, 0.3) is 0 Å². The first-order valence-electron chi connectivity index (χ1n) is 7.28. The Morgan fingerprint density at radius 1 is 1.40 bits per heavy atom. The van der Waals surface area contributed by atoms with Crippen LogP contribution in [0.5, 0.6) is 0 Å². The lowest BCUT2D eigenvalue weighted by atomic mass is 9.91. The Bertz CT molecular complexity index is 574. The van der Waals surface area contributed by atoms with Gasteiger partial charge >= 0.3 is 0 Å². The number of aryl methyl sites for hydroxylation is 1. The number of nitrogens with one attached hydrogen (secondary N) is 1. The van der Waals surface area contributed by atoms with Crippen LogP contribution in [0.3, 0.4) is 0 Å². The van der Waals surface area contributed by atoms with E-state index >= 15 is 0 Å². The van der Waals surface area contributed by atoms with Gasteiger partial charge in [0.25, 0.3) is 0 Å². The fraction of sp³-hybridized carbons (Fsp3) is 0.438. The van der Waals surface area contributed by atoms with Crippen molar-refractivity contribution in [3.05, 3.63) is 52.0 Å². The van der Waals surface area contributed by atoms with Crippen molar-refractivity contribution in [3.63, 3.8) is 0 Å². The quantitative estimate of drug-likeness (QED) is 0.924. The first-order chi connectivity index (χ1) is 9.76. The number of hydrogen-bond donors (Lipinski definition) is 1. The standard InChI is InChI=1S/C16H20BrN3/c1-2-18-16-5-3-4-12-9-20(11-15(12)16)10-14-7-6-13(17)8-19-14/h6-9,11,16,18H,2-5,10H2,1H3. The molecule has 1 atom stereocenters. The molecule has 2 aromatic rings. The topological polar surface area (TPSA) is 29.9 Å². The first-order valence-corrected chi connectivity index (χ1v) is 8.08. The van der Waals surface area contributed by atoms with E-state index in [-0.39, 0.29) is 0 Å². The molecule has 2 heterocycles. The largest absolute Gasteiger partial charge is 0.348 e. The van der Waals surface area contributed by atoms with E-state index in [0.29, 0.717) is 6.04 Å². The predicted molar refractivity (Wildman–Crippen MR) is 84.8 cm³/mol. The summed E-state index contributed by atoms with van der Waals surface area (Å²) >= 11 is 3.42. The molecule has 0 saturated carbocycles. The monoisotopic (exact) mass is 333 g/mol. The molecular formula is C16H20BrN3. The summed E-state index contributed by atoms with van der Waals surface area (Å²) in [6, 6.07) is 4.65. The summed E-state index contributed by atoms with van der Waals surface area (Å²) in [7, 11) is 0. The van der Waals surface area contributed by atoms with Crippen LogP contribution in [0.15, 0.2) is 35.2 Å². The van der Waals surface area contributed by atoms with Crippen LogP contribution in [-0.4, -0.2) is 16.1 Å². The summed E-state index contributed by atoms with van der Waals surface area (Å²) < 4.78 is 3.30. The smallest absolute Gasteiger partial charge is 0.0642 e. The Kier molecular flexibility index (Phi) is 4.22. The minimum Gasteiger partial charge on any atom is -0.348 e. The van der Waals surface area contributed by atoms with Crippen molar-refractivity contribution in [3.8, 4) is 0 Å². The zero-order chi connectivity index (χ0) is 13.9. The van der Waals surface area contributed by atoms with Crippen LogP contribution < -0.4 is 5.32 Å². The van der Waals surface area contributed by atoms with Crippen LogP contribution in [0.4, 0.5) is 0 Å². The highest BCUT2D eigenvalue weighted by atomic mass is 79.9. The van der Waals surface area contributed by atoms with Gasteiger partial charge in [0.1, 0.15) is 0 Å². The third-order valence-electron chi connectivity index (χ3n) is 3.90. The fourth-order valence-electron chi connectivity index (χ4n) is 2.99. The first kappa shape index (κ1) is 13.8. The van der Waals surface area contributed by atoms with Gasteiger partial charge in [-0.3, -0.25) is 4.98 Å². The molecule has 0 aromatic carbocycles. The Hall–Kier alpha value is -1.13. The minimum atomic E-state index is 0.530. The third-order valence-corrected chi connectivity index (χ3v) is 4.36. The normalized spacial score (nSPS) is 18.0. The predicted octanol–water partition coefficient (Wildman–Crippen LogP) is 3.68. The summed E-state index contributed by atoms with van der Waals surface area (Å²) in [5, 5.41) is 3.59. The van der Waals surface area contributed by atoms with Crippen LogP contribution in [-0.2, 0) is 13.0 Å². The number of rotatable bonds is 4. The highest BCUT2D eigenvalue weighted by molar-refractivity contribution is 9.10. The van der Waals surface area contributed by atoms with Crippen LogP contribution >= 0.6 is 15.9 Å². The maximum Gasteiger partial charge on any atom is 0.0642 e. The van der Waals surface area contributed by atoms with Crippen LogP contribution in [0.1, 0.15) is 42.6 Å². The summed E-state index contributed by atoms with van der Waals surface area (Å²) in [6.07, 6.45) is 10.2. The van der Waals surface area contributed by atoms with Gasteiger partial charge in [-0.15, -0.1) is 0 Å². The summed E-state index contributed by atoms with van der Waals surface area (Å²) in [5.74, 6) is 0. The molecule has 20 heavy (non-hydrogen) atoms. The van der Waals surface area contributed by atoms with E-state index < -0.39 is 0 Å². The van der Waals surface area contributed by atoms with Gasteiger partial charge in [-0.2, -0.15) is 0 Å². The fourth-order valence-corrected chi connectivity index (χ4v) is 3.22. The second-order valence-corrected chi connectivity index (χ2v) is 6.30. The average molecular weight is 334 g/mol. The molecule has 106 valence electrons. The number of halogens is 1. The number of nitrogens with zero attached hydrogens (tertiary/aromatic N) is 2. The molecule has 1 aliphatic carbocycles. The van der Waals surface area contributed by atoms with Crippen molar-refractivity contribution in [1.29, 1.82) is 0 Å². The lowest BCUT2D eigenvalue weighted by Gasteiger charge is -2.22. The van der Waals surface area contributed by atoms with Gasteiger partial charge in [0.05, 0.1) is 12.2 Å². The highest BCUT2D eigenvalue weighted by Crippen LogP contribution is 2.30. The number of aromatic nitrogens is 2. The van der Waals surface area contributed by atoms with Gasteiger partial charge in [-0.25, -0.2) is 0 Å². The van der Waals surface area contributed by atoms with Crippen LogP contribution in [0, 0.1) is 0 Å². The number of hydrogen-bond acceptors (Lipinski definition) is 2. The molecular weight excluding hydrogens is 314 g/mol. The Balaban J connectivity index is 1.80. The maximum atomic E-state index is 4.45. The molecule has 0 radical (unpaired) electrons. The van der Waals surface area contributed by atoms with Crippen molar-refractivity contribution in [2.24, 2.45) is 0 Å². The van der Waals surface area contributed by atoms with Gasteiger partial charge < -0.3 is 9.88 Å². The molecule has 0 bridgehead atoms. The van der Waals surface area contributed by atoms with E-state index in [0.717, 1.165) is 23.3 Å². The van der Waals surface area contributed by atoms with E-state index in [1.165, 1.54) is 30.4 Å². The zero-order valence-corrected chi connectivity index (χ0v) is 13.4. The van der Waals surface area contributed by atoms with Crippen molar-refractivity contribution in [1.82, 2.24) is 14.9 Å². The van der Waals surface area contributed by atoms with E-state index in [4.69, 9.17) is 0 Å². The van der Waals surface area contributed by atoms with E-state index in [2.05, 4.69) is 56.2 Å². The van der Waals surface area contributed by atoms with Crippen molar-refractivity contribution in [2.45, 2.75) is 38.8 Å². The molecule has 3 rings (SSSR count). The summed E-state index contributed by atoms with van der Waals surface area (Å²) in [6.45, 7) is 4.06. The molecule has 0 amide bonds. The SMILES string of the molecule is CCNC1CCCc2cn(Cc3ccc(Br)cn3)cc21. The minimum absolute atomic E-state index is 0.530. The Morgan fingerprint density at radius 2 is 2.30 bits per heavy atom. The van der Waals surface area contributed by atoms with Gasteiger partial charge in [-0.1, -0.05) is 6.92 Å². The molecule has 2 aromatic heterocycles. The number of fused-ring (bicyclic) bond motifs is 1. The summed E-state index contributed by atoms with van der Waals surface area (Å²) in [4.78, 5) is 4.45. The van der Waals surface area contributed by atoms with Gasteiger partial charge in [-0.05, 0) is 65.0 Å². The van der Waals surface area contributed by atoms with Crippen molar-refractivity contribution >= 4 is 15.9 Å². The second-order valence-electron chi connectivity index (χ2n) is 5.38. The summed E-state index contributed by atoms with van der Waals surface area (Å²) in [5.41, 5.74) is 4.08. The second kappa shape index (κ2) is 6.10. The van der Waals surface area contributed by atoms with E-state index in [9.17, 15) is 0 Å². The molecule has 1 N–H and O–H groups in total. The molecule has 0 fully saturated rings. The Labute approximate surface area is 128 Å². The van der Waals surface area contributed by atoms with Gasteiger partial charge in [0.2, 0.25) is 0 Å². The molecule has 1 aliphatic rings. The highest BCUT2D eigenvalue weighted by Gasteiger charge is 2.21. The van der Waals surface area contributed by atoms with Gasteiger partial charge in [0, 0.05) is 29.1 Å². The molecule has 0 saturated heterocycles. The zero-order valence-electron chi connectivity index (χ0n) is 11.8. The van der Waals surface area contributed by atoms with Crippen molar-refractivity contribution in [2.75, 3.05) is 6.54 Å². The molecule has 1 unspecified atom stereocenters. The van der Waals surface area contributed by atoms with Crippen LogP contribution in [0.2, 0.25) is 0 Å². The average Bonchev–Trinajstić information content (AvgIpc) is 2.85. The van der Waals surface area contributed by atoms with Gasteiger partial charge in [0.15, 0.2) is 0 Å². The molecule has 3 nitrogen and oxygen atoms in total. The molecule has 0 spiro atoms. The van der Waals surface area contributed by atoms with E-state index in [1.54, 1.807) is 0 Å². The maximum absolute atomic E-state index is 4.45.